The van der Waals surface area contributed by atoms with Crippen LogP contribution in [0.25, 0.3) is 11.1 Å². The molecule has 0 unspecified atom stereocenters. The minimum Gasteiger partial charge on any atom is -0.494 e. The van der Waals surface area contributed by atoms with Crippen LogP contribution in [0, 0.1) is 5.41 Å². The lowest BCUT2D eigenvalue weighted by molar-refractivity contribution is 0.0982. The maximum absolute atomic E-state index is 13.7. The number of halogens is 1. The number of anilines is 5. The maximum Gasteiger partial charge on any atom is 0.229 e. The number of benzene rings is 2. The van der Waals surface area contributed by atoms with Gasteiger partial charge in [0, 0.05) is 80.2 Å². The lowest BCUT2D eigenvalue weighted by atomic mass is 9.89. The van der Waals surface area contributed by atoms with Crippen LogP contribution in [0.4, 0.5) is 28.8 Å². The van der Waals surface area contributed by atoms with Crippen molar-refractivity contribution in [2.24, 2.45) is 5.41 Å². The van der Waals surface area contributed by atoms with Crippen molar-refractivity contribution in [3.63, 3.8) is 0 Å². The standard InChI is InChI=1S/C39H53ClN9O2P/c1-8-26-19-32(35(51-5)21-33(26)48-13-11-28(12-14-48)47-17-15-46(4)16-18-47)44-38-41-24-30(40)37(45-38)43-31-10-9-27(20-36(31)52(6,7)50)29-23-42-49-25-39(2,3)22-34(29)49/h9-10,19-21,23-24,28H,8,11-18,22,25H2,1-7H3,(H2,41,43,44,45). The fourth-order valence-electron chi connectivity index (χ4n) is 8.02. The van der Waals surface area contributed by atoms with E-state index in [0.29, 0.717) is 28.5 Å². The molecular formula is C39H53ClN9O2P. The van der Waals surface area contributed by atoms with Crippen molar-refractivity contribution >= 4 is 52.9 Å². The zero-order valence-electron chi connectivity index (χ0n) is 31.7. The number of aryl methyl sites for hydroxylation is 1. The van der Waals surface area contributed by atoms with Gasteiger partial charge < -0.3 is 29.7 Å². The highest BCUT2D eigenvalue weighted by molar-refractivity contribution is 7.70. The molecule has 52 heavy (non-hydrogen) atoms. The van der Waals surface area contributed by atoms with Crippen LogP contribution in [0.3, 0.4) is 0 Å². The van der Waals surface area contributed by atoms with Crippen molar-refractivity contribution < 1.29 is 9.30 Å². The maximum atomic E-state index is 13.7. The van der Waals surface area contributed by atoms with E-state index in [1.54, 1.807) is 26.6 Å². The highest BCUT2D eigenvalue weighted by Crippen LogP contribution is 2.43. The molecule has 0 bridgehead atoms. The van der Waals surface area contributed by atoms with Gasteiger partial charge in [0.2, 0.25) is 5.95 Å². The molecule has 2 saturated heterocycles. The normalized spacial score (nSPS) is 18.4. The number of piperazine rings is 1. The number of ether oxygens (including phenoxy) is 1. The quantitative estimate of drug-likeness (QED) is 0.164. The van der Waals surface area contributed by atoms with Crippen LogP contribution in [0.5, 0.6) is 5.75 Å². The van der Waals surface area contributed by atoms with E-state index in [-0.39, 0.29) is 5.41 Å². The molecule has 0 atom stereocenters. The molecular weight excluding hydrogens is 693 g/mol. The first-order valence-electron chi connectivity index (χ1n) is 18.5. The van der Waals surface area contributed by atoms with Gasteiger partial charge in [0.1, 0.15) is 17.9 Å². The monoisotopic (exact) mass is 745 g/mol. The van der Waals surface area contributed by atoms with Crippen LogP contribution >= 0.6 is 18.7 Å². The van der Waals surface area contributed by atoms with Crippen molar-refractivity contribution in [2.75, 3.05) is 82.3 Å². The summed E-state index contributed by atoms with van der Waals surface area (Å²) in [6.45, 7) is 17.9. The summed E-state index contributed by atoms with van der Waals surface area (Å²) in [6, 6.07) is 11.0. The molecule has 278 valence electrons. The zero-order valence-corrected chi connectivity index (χ0v) is 33.3. The molecule has 13 heteroatoms. The van der Waals surface area contributed by atoms with E-state index in [4.69, 9.17) is 21.3 Å². The number of nitrogens with zero attached hydrogens (tertiary/aromatic N) is 7. The van der Waals surface area contributed by atoms with Crippen molar-refractivity contribution in [3.8, 4) is 16.9 Å². The molecule has 0 radical (unpaired) electrons. The number of fused-ring (bicyclic) bond motifs is 1. The Balaban J connectivity index is 1.10. The van der Waals surface area contributed by atoms with Gasteiger partial charge >= 0.3 is 0 Å². The third-order valence-corrected chi connectivity index (χ3v) is 12.8. The van der Waals surface area contributed by atoms with E-state index in [1.165, 1.54) is 29.8 Å². The fourth-order valence-corrected chi connectivity index (χ4v) is 9.32. The van der Waals surface area contributed by atoms with E-state index < -0.39 is 7.14 Å². The van der Waals surface area contributed by atoms with Crippen molar-refractivity contribution in [2.45, 2.75) is 59.0 Å². The average molecular weight is 746 g/mol. The van der Waals surface area contributed by atoms with Gasteiger partial charge in [0.15, 0.2) is 5.82 Å². The van der Waals surface area contributed by atoms with E-state index >= 15 is 0 Å². The predicted octanol–water partition coefficient (Wildman–Crippen LogP) is 7.10. The second-order valence-electron chi connectivity index (χ2n) is 15.8. The number of piperidine rings is 1. The molecule has 5 heterocycles. The molecule has 3 aliphatic heterocycles. The molecule has 2 aromatic carbocycles. The van der Waals surface area contributed by atoms with E-state index in [1.807, 2.05) is 24.4 Å². The summed E-state index contributed by atoms with van der Waals surface area (Å²) in [5.74, 6) is 1.52. The molecule has 11 nitrogen and oxygen atoms in total. The van der Waals surface area contributed by atoms with Crippen molar-refractivity contribution in [1.82, 2.24) is 29.5 Å². The number of hydrogen-bond acceptors (Lipinski definition) is 10. The summed E-state index contributed by atoms with van der Waals surface area (Å²) < 4.78 is 21.7. The second kappa shape index (κ2) is 14.7. The summed E-state index contributed by atoms with van der Waals surface area (Å²) in [6.07, 6.45) is 7.67. The molecule has 0 spiro atoms. The van der Waals surface area contributed by atoms with Gasteiger partial charge in [0.05, 0.1) is 30.9 Å². The fraction of sp³-hybridized carbons (Fsp3) is 0.513. The predicted molar refractivity (Wildman–Crippen MR) is 215 cm³/mol. The Morgan fingerprint density at radius 2 is 1.75 bits per heavy atom. The van der Waals surface area contributed by atoms with E-state index in [2.05, 4.69) is 80.0 Å². The van der Waals surface area contributed by atoms with Crippen LogP contribution in [-0.4, -0.2) is 102 Å². The zero-order chi connectivity index (χ0) is 36.8. The molecule has 3 aliphatic rings. The van der Waals surface area contributed by atoms with Gasteiger partial charge in [-0.25, -0.2) is 4.98 Å². The summed E-state index contributed by atoms with van der Waals surface area (Å²) in [5.41, 5.74) is 7.42. The number of likely N-dealkylation sites (N-methyl/N-ethyl adjacent to an activating group) is 1. The molecule has 7 rings (SSSR count). The van der Waals surface area contributed by atoms with Crippen LogP contribution in [-0.2, 0) is 24.0 Å². The van der Waals surface area contributed by atoms with Gasteiger partial charge in [-0.1, -0.05) is 38.4 Å². The van der Waals surface area contributed by atoms with E-state index in [0.717, 1.165) is 86.5 Å². The topological polar surface area (TPSA) is 104 Å². The highest BCUT2D eigenvalue weighted by atomic mass is 35.5. The molecule has 0 aliphatic carbocycles. The number of methoxy groups -OCH3 is 1. The molecule has 4 aromatic rings. The Labute approximate surface area is 313 Å². The van der Waals surface area contributed by atoms with Crippen molar-refractivity contribution in [1.29, 1.82) is 0 Å². The average Bonchev–Trinajstić information content (AvgIpc) is 3.64. The Kier molecular flexibility index (Phi) is 10.3. The Bertz CT molecular complexity index is 1980. The first kappa shape index (κ1) is 36.7. The third kappa shape index (κ3) is 7.70. The minimum absolute atomic E-state index is 0.162. The van der Waals surface area contributed by atoms with Gasteiger partial charge in [-0.15, -0.1) is 0 Å². The van der Waals surface area contributed by atoms with E-state index in [9.17, 15) is 4.57 Å². The summed E-state index contributed by atoms with van der Waals surface area (Å²) in [7, 11) is 1.20. The SMILES string of the molecule is CCc1cc(Nc2ncc(Cl)c(Nc3ccc(-c4cnn5c4CC(C)(C)C5)cc3P(C)(C)=O)n2)c(OC)cc1N1CCC(N2CCN(C)CC2)CC1. The number of nitrogens with one attached hydrogen (secondary N) is 2. The third-order valence-electron chi connectivity index (χ3n) is 10.9. The first-order valence-corrected chi connectivity index (χ1v) is 21.5. The Morgan fingerprint density at radius 3 is 2.44 bits per heavy atom. The van der Waals surface area contributed by atoms with Crippen LogP contribution < -0.4 is 25.6 Å². The molecule has 2 aromatic heterocycles. The minimum atomic E-state index is -2.71. The smallest absolute Gasteiger partial charge is 0.229 e. The van der Waals surface area contributed by atoms with Crippen LogP contribution in [0.1, 0.15) is 44.9 Å². The van der Waals surface area contributed by atoms with Gasteiger partial charge in [0.25, 0.3) is 0 Å². The Hall–Kier alpha value is -3.63. The van der Waals surface area contributed by atoms with Gasteiger partial charge in [-0.05, 0) is 80.8 Å². The molecule has 2 fully saturated rings. The Morgan fingerprint density at radius 1 is 1.00 bits per heavy atom. The molecule has 2 N–H and O–H groups in total. The van der Waals surface area contributed by atoms with Crippen molar-refractivity contribution in [3.05, 3.63) is 59.0 Å². The summed E-state index contributed by atoms with van der Waals surface area (Å²) in [5, 5.41) is 12.5. The number of aromatic nitrogens is 4. The first-order chi connectivity index (χ1) is 24.8. The summed E-state index contributed by atoms with van der Waals surface area (Å²) >= 11 is 6.67. The van der Waals surface area contributed by atoms with Gasteiger partial charge in [-0.2, -0.15) is 10.1 Å². The highest BCUT2D eigenvalue weighted by Gasteiger charge is 2.32. The van der Waals surface area contributed by atoms with Crippen LogP contribution in [0.15, 0.2) is 42.7 Å². The second-order valence-corrected chi connectivity index (χ2v) is 19.4. The molecule has 0 amide bonds. The largest absolute Gasteiger partial charge is 0.494 e. The number of rotatable bonds is 10. The van der Waals surface area contributed by atoms with Crippen LogP contribution in [0.2, 0.25) is 5.02 Å². The number of hydrogen-bond donors (Lipinski definition) is 2. The summed E-state index contributed by atoms with van der Waals surface area (Å²) in [4.78, 5) is 16.9. The lowest BCUT2D eigenvalue weighted by Gasteiger charge is -2.43. The van der Waals surface area contributed by atoms with Gasteiger partial charge in [-0.3, -0.25) is 9.58 Å². The molecule has 0 saturated carbocycles. The lowest BCUT2D eigenvalue weighted by Crippen LogP contribution is -2.52.